The lowest BCUT2D eigenvalue weighted by molar-refractivity contribution is 0.0929. The van der Waals surface area contributed by atoms with Gasteiger partial charge in [-0.3, -0.25) is 4.79 Å². The molecule has 0 aliphatic heterocycles. The van der Waals surface area contributed by atoms with Gasteiger partial charge in [-0.2, -0.15) is 0 Å². The number of aromatic nitrogens is 4. The van der Waals surface area contributed by atoms with Crippen molar-refractivity contribution in [1.29, 1.82) is 0 Å². The number of hydrogen-bond donors (Lipinski definition) is 1. The average molecular weight is 315 g/mol. The largest absolute Gasteiger partial charge is 0.347 e. The minimum atomic E-state index is -0.224. The normalized spacial score (nSPS) is 15.4. The average Bonchev–Trinajstić information content (AvgIpc) is 3.18. The molecule has 3 aromatic heterocycles. The Bertz CT molecular complexity index is 881. The van der Waals surface area contributed by atoms with Crippen LogP contribution >= 0.6 is 11.3 Å². The van der Waals surface area contributed by atoms with Gasteiger partial charge < -0.3 is 5.32 Å². The molecule has 0 saturated heterocycles. The van der Waals surface area contributed by atoms with Crippen molar-refractivity contribution >= 4 is 33.1 Å². The molecule has 0 fully saturated rings. The predicted molar refractivity (Wildman–Crippen MR) is 85.4 cm³/mol. The van der Waals surface area contributed by atoms with Gasteiger partial charge in [0, 0.05) is 10.9 Å². The zero-order valence-corrected chi connectivity index (χ0v) is 13.4. The van der Waals surface area contributed by atoms with E-state index in [-0.39, 0.29) is 17.8 Å². The smallest absolute Gasteiger partial charge is 0.291 e. The van der Waals surface area contributed by atoms with Crippen LogP contribution in [0, 0.1) is 0 Å². The second kappa shape index (κ2) is 5.01. The molecular weight excluding hydrogens is 298 g/mol. The molecule has 3 aromatic rings. The lowest BCUT2D eigenvalue weighted by Gasteiger charge is -2.08. The molecule has 1 aliphatic carbocycles. The Hall–Kier alpha value is -2.02. The Labute approximate surface area is 131 Å². The maximum Gasteiger partial charge on any atom is 0.291 e. The van der Waals surface area contributed by atoms with E-state index in [0.29, 0.717) is 0 Å². The number of fused-ring (bicyclic) bond motifs is 5. The fourth-order valence-corrected chi connectivity index (χ4v) is 4.10. The van der Waals surface area contributed by atoms with Gasteiger partial charge in [0.1, 0.15) is 11.2 Å². The van der Waals surface area contributed by atoms with E-state index in [0.717, 1.165) is 35.1 Å². The minimum Gasteiger partial charge on any atom is -0.347 e. The molecule has 114 valence electrons. The van der Waals surface area contributed by atoms with E-state index in [2.05, 4.69) is 20.4 Å². The van der Waals surface area contributed by atoms with Gasteiger partial charge in [0.15, 0.2) is 5.65 Å². The van der Waals surface area contributed by atoms with Crippen LogP contribution in [0.25, 0.3) is 15.9 Å². The van der Waals surface area contributed by atoms with Crippen LogP contribution in [0.5, 0.6) is 0 Å². The van der Waals surface area contributed by atoms with E-state index in [4.69, 9.17) is 0 Å². The summed E-state index contributed by atoms with van der Waals surface area (Å²) < 4.78 is 1.62. The predicted octanol–water partition coefficient (Wildman–Crippen LogP) is 2.36. The molecule has 3 heterocycles. The number of aryl methyl sites for hydroxylation is 2. The summed E-state index contributed by atoms with van der Waals surface area (Å²) in [6.07, 6.45) is 5.91. The van der Waals surface area contributed by atoms with Gasteiger partial charge in [0.25, 0.3) is 5.91 Å². The fraction of sp³-hybridized carbons (Fsp3) is 0.467. The molecule has 0 bridgehead atoms. The molecule has 0 radical (unpaired) electrons. The zero-order valence-electron chi connectivity index (χ0n) is 12.6. The SMILES string of the molecule is CC[C@@H](C)NC(=O)c1nc2c3c4c(sc3ncn2n1)CCC4. The number of nitrogens with one attached hydrogen (secondary N) is 1. The highest BCUT2D eigenvalue weighted by atomic mass is 32.1. The third kappa shape index (κ3) is 1.99. The fourth-order valence-electron chi connectivity index (χ4n) is 2.88. The first-order valence-corrected chi connectivity index (χ1v) is 8.45. The van der Waals surface area contributed by atoms with Gasteiger partial charge in [0.05, 0.1) is 5.39 Å². The van der Waals surface area contributed by atoms with Gasteiger partial charge >= 0.3 is 0 Å². The second-order valence-corrected chi connectivity index (χ2v) is 6.85. The molecule has 0 unspecified atom stereocenters. The number of thiophene rings is 1. The highest BCUT2D eigenvalue weighted by molar-refractivity contribution is 7.19. The van der Waals surface area contributed by atoms with E-state index in [1.807, 2.05) is 13.8 Å². The van der Waals surface area contributed by atoms with Crippen molar-refractivity contribution < 1.29 is 4.79 Å². The molecule has 0 saturated carbocycles. The molecule has 1 atom stereocenters. The minimum absolute atomic E-state index is 0.114. The monoisotopic (exact) mass is 315 g/mol. The Morgan fingerprint density at radius 3 is 3.18 bits per heavy atom. The molecular formula is C15H17N5OS. The van der Waals surface area contributed by atoms with Gasteiger partial charge in [0.2, 0.25) is 5.82 Å². The molecule has 1 amide bonds. The number of hydrogen-bond acceptors (Lipinski definition) is 5. The summed E-state index contributed by atoms with van der Waals surface area (Å²) in [7, 11) is 0. The molecule has 1 N–H and O–H groups in total. The van der Waals surface area contributed by atoms with E-state index < -0.39 is 0 Å². The first-order valence-electron chi connectivity index (χ1n) is 7.64. The summed E-state index contributed by atoms with van der Waals surface area (Å²) in [5.41, 5.74) is 2.10. The summed E-state index contributed by atoms with van der Waals surface area (Å²) in [6.45, 7) is 4.00. The lowest BCUT2D eigenvalue weighted by Crippen LogP contribution is -2.32. The van der Waals surface area contributed by atoms with Crippen LogP contribution in [-0.2, 0) is 12.8 Å². The Balaban J connectivity index is 1.83. The Morgan fingerprint density at radius 2 is 2.36 bits per heavy atom. The van der Waals surface area contributed by atoms with Crippen LogP contribution in [0.4, 0.5) is 0 Å². The Morgan fingerprint density at radius 1 is 1.50 bits per heavy atom. The number of carbonyl (C=O) groups excluding carboxylic acids is 1. The summed E-state index contributed by atoms with van der Waals surface area (Å²) >= 11 is 1.74. The molecule has 22 heavy (non-hydrogen) atoms. The number of nitrogens with zero attached hydrogens (tertiary/aromatic N) is 4. The van der Waals surface area contributed by atoms with Crippen molar-refractivity contribution in [2.45, 2.75) is 45.6 Å². The van der Waals surface area contributed by atoms with Crippen LogP contribution in [0.15, 0.2) is 6.33 Å². The molecule has 4 rings (SSSR count). The van der Waals surface area contributed by atoms with Crippen LogP contribution in [0.2, 0.25) is 0 Å². The van der Waals surface area contributed by atoms with Crippen molar-refractivity contribution in [3.05, 3.63) is 22.6 Å². The molecule has 1 aliphatic rings. The first kappa shape index (κ1) is 13.6. The van der Waals surface area contributed by atoms with Gasteiger partial charge in [-0.05, 0) is 38.2 Å². The van der Waals surface area contributed by atoms with E-state index in [1.54, 1.807) is 22.2 Å². The quantitative estimate of drug-likeness (QED) is 0.805. The number of carbonyl (C=O) groups is 1. The third-order valence-corrected chi connectivity index (χ3v) is 5.43. The van der Waals surface area contributed by atoms with Crippen molar-refractivity contribution in [3.8, 4) is 0 Å². The summed E-state index contributed by atoms with van der Waals surface area (Å²) in [4.78, 5) is 23.6. The van der Waals surface area contributed by atoms with Gasteiger partial charge in [-0.25, -0.2) is 14.5 Å². The maximum absolute atomic E-state index is 12.2. The second-order valence-electron chi connectivity index (χ2n) is 5.77. The first-order chi connectivity index (χ1) is 10.7. The van der Waals surface area contributed by atoms with Crippen molar-refractivity contribution in [1.82, 2.24) is 24.9 Å². The van der Waals surface area contributed by atoms with Crippen molar-refractivity contribution in [2.24, 2.45) is 0 Å². The molecule has 7 heteroatoms. The molecule has 0 aromatic carbocycles. The standard InChI is InChI=1S/C15H17N5OS/c1-3-8(2)17-14(21)12-18-13-11-9-5-4-6-10(9)22-15(11)16-7-20(13)19-12/h7-8H,3-6H2,1-2H3,(H,17,21)/t8-/m1/s1. The van der Waals surface area contributed by atoms with Gasteiger partial charge in [-0.15, -0.1) is 16.4 Å². The van der Waals surface area contributed by atoms with E-state index >= 15 is 0 Å². The van der Waals surface area contributed by atoms with Crippen molar-refractivity contribution in [3.63, 3.8) is 0 Å². The van der Waals surface area contributed by atoms with Gasteiger partial charge in [-0.1, -0.05) is 6.92 Å². The van der Waals surface area contributed by atoms with Crippen LogP contribution in [0.3, 0.4) is 0 Å². The van der Waals surface area contributed by atoms with Crippen LogP contribution in [0.1, 0.15) is 47.7 Å². The third-order valence-electron chi connectivity index (χ3n) is 4.23. The molecule has 6 nitrogen and oxygen atoms in total. The maximum atomic E-state index is 12.2. The highest BCUT2D eigenvalue weighted by Crippen LogP contribution is 2.37. The molecule has 0 spiro atoms. The summed E-state index contributed by atoms with van der Waals surface area (Å²) in [6, 6.07) is 0.114. The number of amides is 1. The number of rotatable bonds is 3. The summed E-state index contributed by atoms with van der Waals surface area (Å²) in [5, 5.41) is 8.28. The topological polar surface area (TPSA) is 72.2 Å². The summed E-state index contributed by atoms with van der Waals surface area (Å²) in [5.74, 6) is -0.00868. The van der Waals surface area contributed by atoms with E-state index in [9.17, 15) is 4.79 Å². The van der Waals surface area contributed by atoms with E-state index in [1.165, 1.54) is 16.9 Å². The van der Waals surface area contributed by atoms with Crippen molar-refractivity contribution in [2.75, 3.05) is 0 Å². The van der Waals surface area contributed by atoms with Crippen LogP contribution in [-0.4, -0.2) is 31.5 Å². The van der Waals surface area contributed by atoms with Crippen LogP contribution < -0.4 is 5.32 Å². The Kier molecular flexibility index (Phi) is 3.11. The highest BCUT2D eigenvalue weighted by Gasteiger charge is 2.23. The zero-order chi connectivity index (χ0) is 15.3. The lowest BCUT2D eigenvalue weighted by atomic mass is 10.2.